The minimum atomic E-state index is -0.697. The highest BCUT2D eigenvalue weighted by atomic mass is 19.1. The zero-order valence-electron chi connectivity index (χ0n) is 15.9. The molecule has 0 unspecified atom stereocenters. The van der Waals surface area contributed by atoms with Crippen LogP contribution in [0.2, 0.25) is 0 Å². The maximum Gasteiger partial charge on any atom is 0.316 e. The fraction of sp³-hybridized carbons (Fsp3) is 0.286. The Kier molecular flexibility index (Phi) is 6.43. The first-order chi connectivity index (χ1) is 13.9. The Hall–Kier alpha value is -3.42. The van der Waals surface area contributed by atoms with Crippen molar-refractivity contribution in [2.75, 3.05) is 31.5 Å². The van der Waals surface area contributed by atoms with Crippen molar-refractivity contribution in [1.82, 2.24) is 9.80 Å². The Morgan fingerprint density at radius 3 is 2.45 bits per heavy atom. The van der Waals surface area contributed by atoms with Gasteiger partial charge in [-0.2, -0.15) is 0 Å². The number of halogens is 1. The van der Waals surface area contributed by atoms with Crippen LogP contribution in [-0.4, -0.2) is 53.8 Å². The molecule has 3 rings (SSSR count). The van der Waals surface area contributed by atoms with Gasteiger partial charge in [0.2, 0.25) is 5.91 Å². The standard InChI is InChI=1S/C21H23FN4O3/c22-17-6-1-4-15(12-17)13-19(27)25-8-3-9-26(11-10-25)20(28)16-5-2-7-18(14-16)24-21(23)29/h1-2,4-7,12,14H,3,8-11,13H2,(H3,23,24,29). The second kappa shape index (κ2) is 9.18. The zero-order chi connectivity index (χ0) is 20.8. The molecule has 0 aromatic heterocycles. The Morgan fingerprint density at radius 2 is 1.69 bits per heavy atom. The SMILES string of the molecule is NC(=O)Nc1cccc(C(=O)N2CCCN(C(=O)Cc3cccc(F)c3)CC2)c1. The van der Waals surface area contributed by atoms with Crippen LogP contribution in [0.3, 0.4) is 0 Å². The first-order valence-electron chi connectivity index (χ1n) is 9.40. The molecule has 3 N–H and O–H groups in total. The van der Waals surface area contributed by atoms with Crippen molar-refractivity contribution < 1.29 is 18.8 Å². The molecule has 2 aromatic carbocycles. The van der Waals surface area contributed by atoms with Gasteiger partial charge in [-0.05, 0) is 42.3 Å². The van der Waals surface area contributed by atoms with E-state index in [1.165, 1.54) is 12.1 Å². The summed E-state index contributed by atoms with van der Waals surface area (Å²) in [6.45, 7) is 1.89. The minimum Gasteiger partial charge on any atom is -0.351 e. The number of nitrogens with two attached hydrogens (primary N) is 1. The topological polar surface area (TPSA) is 95.7 Å². The van der Waals surface area contributed by atoms with E-state index in [1.807, 2.05) is 0 Å². The number of hydrogen-bond acceptors (Lipinski definition) is 3. The first kappa shape index (κ1) is 20.3. The van der Waals surface area contributed by atoms with Crippen molar-refractivity contribution in [2.24, 2.45) is 5.73 Å². The van der Waals surface area contributed by atoms with Gasteiger partial charge in [-0.15, -0.1) is 0 Å². The molecule has 0 atom stereocenters. The van der Waals surface area contributed by atoms with Crippen LogP contribution in [0.4, 0.5) is 14.9 Å². The number of primary amides is 1. The van der Waals surface area contributed by atoms with Crippen LogP contribution in [0.25, 0.3) is 0 Å². The molecule has 0 aliphatic carbocycles. The molecule has 1 heterocycles. The molecule has 4 amide bonds. The number of hydrogen-bond donors (Lipinski definition) is 2. The van der Waals surface area contributed by atoms with E-state index in [9.17, 15) is 18.8 Å². The molecule has 0 radical (unpaired) electrons. The lowest BCUT2D eigenvalue weighted by Crippen LogP contribution is -2.38. The molecule has 1 aliphatic rings. The molecular formula is C21H23FN4O3. The molecule has 2 aromatic rings. The number of anilines is 1. The molecule has 7 nitrogen and oxygen atoms in total. The van der Waals surface area contributed by atoms with Crippen LogP contribution in [0.1, 0.15) is 22.3 Å². The molecule has 152 valence electrons. The number of carbonyl (C=O) groups is 3. The third-order valence-electron chi connectivity index (χ3n) is 4.76. The van der Waals surface area contributed by atoms with Crippen molar-refractivity contribution in [2.45, 2.75) is 12.8 Å². The number of rotatable bonds is 4. The van der Waals surface area contributed by atoms with Crippen LogP contribution in [-0.2, 0) is 11.2 Å². The molecular weight excluding hydrogens is 375 g/mol. The van der Waals surface area contributed by atoms with E-state index >= 15 is 0 Å². The van der Waals surface area contributed by atoms with Gasteiger partial charge in [-0.1, -0.05) is 18.2 Å². The predicted molar refractivity (Wildman–Crippen MR) is 107 cm³/mol. The van der Waals surface area contributed by atoms with Crippen LogP contribution < -0.4 is 11.1 Å². The van der Waals surface area contributed by atoms with E-state index < -0.39 is 6.03 Å². The van der Waals surface area contributed by atoms with Crippen molar-refractivity contribution in [3.05, 3.63) is 65.5 Å². The molecule has 1 aliphatic heterocycles. The third kappa shape index (κ3) is 5.54. The molecule has 8 heteroatoms. The summed E-state index contributed by atoms with van der Waals surface area (Å²) >= 11 is 0. The molecule has 0 bridgehead atoms. The number of nitrogens with zero attached hydrogens (tertiary/aromatic N) is 2. The summed E-state index contributed by atoms with van der Waals surface area (Å²) in [5.41, 5.74) is 6.64. The van der Waals surface area contributed by atoms with Gasteiger partial charge in [0, 0.05) is 37.4 Å². The summed E-state index contributed by atoms with van der Waals surface area (Å²) in [6, 6.07) is 11.9. The Balaban J connectivity index is 1.61. The number of nitrogens with one attached hydrogen (secondary N) is 1. The average Bonchev–Trinajstić information content (AvgIpc) is 2.93. The molecule has 29 heavy (non-hydrogen) atoms. The molecule has 0 spiro atoms. The Morgan fingerprint density at radius 1 is 0.966 bits per heavy atom. The van der Waals surface area contributed by atoms with E-state index in [-0.39, 0.29) is 24.1 Å². The second-order valence-corrected chi connectivity index (χ2v) is 6.90. The van der Waals surface area contributed by atoms with E-state index in [0.717, 1.165) is 0 Å². The number of urea groups is 1. The van der Waals surface area contributed by atoms with E-state index in [0.29, 0.717) is 49.4 Å². The summed E-state index contributed by atoms with van der Waals surface area (Å²) in [6.07, 6.45) is 0.784. The monoisotopic (exact) mass is 398 g/mol. The van der Waals surface area contributed by atoms with Crippen LogP contribution in [0.15, 0.2) is 48.5 Å². The highest BCUT2D eigenvalue weighted by Gasteiger charge is 2.23. The minimum absolute atomic E-state index is 0.0856. The Bertz CT molecular complexity index is 918. The van der Waals surface area contributed by atoms with Crippen LogP contribution in [0, 0.1) is 5.82 Å². The second-order valence-electron chi connectivity index (χ2n) is 6.90. The van der Waals surface area contributed by atoms with Crippen LogP contribution in [0.5, 0.6) is 0 Å². The van der Waals surface area contributed by atoms with E-state index in [1.54, 1.807) is 46.2 Å². The molecule has 1 saturated heterocycles. The lowest BCUT2D eigenvalue weighted by molar-refractivity contribution is -0.130. The fourth-order valence-corrected chi connectivity index (χ4v) is 3.36. The smallest absolute Gasteiger partial charge is 0.316 e. The summed E-state index contributed by atoms with van der Waals surface area (Å²) in [4.78, 5) is 39.8. The zero-order valence-corrected chi connectivity index (χ0v) is 15.9. The molecule has 0 saturated carbocycles. The number of carbonyl (C=O) groups excluding carboxylic acids is 3. The summed E-state index contributed by atoms with van der Waals surface area (Å²) in [5, 5.41) is 2.45. The van der Waals surface area contributed by atoms with Crippen molar-refractivity contribution in [1.29, 1.82) is 0 Å². The van der Waals surface area contributed by atoms with E-state index in [4.69, 9.17) is 5.73 Å². The first-order valence-corrected chi connectivity index (χ1v) is 9.40. The lowest BCUT2D eigenvalue weighted by atomic mass is 10.1. The fourth-order valence-electron chi connectivity index (χ4n) is 3.36. The molecule has 1 fully saturated rings. The highest BCUT2D eigenvalue weighted by Crippen LogP contribution is 2.15. The predicted octanol–water partition coefficient (Wildman–Crippen LogP) is 2.23. The highest BCUT2D eigenvalue weighted by molar-refractivity contribution is 5.96. The number of benzene rings is 2. The van der Waals surface area contributed by atoms with Crippen molar-refractivity contribution >= 4 is 23.5 Å². The average molecular weight is 398 g/mol. The maximum atomic E-state index is 13.3. The third-order valence-corrected chi connectivity index (χ3v) is 4.76. The van der Waals surface area contributed by atoms with Gasteiger partial charge in [0.25, 0.3) is 5.91 Å². The van der Waals surface area contributed by atoms with Gasteiger partial charge >= 0.3 is 6.03 Å². The maximum absolute atomic E-state index is 13.3. The quantitative estimate of drug-likeness (QED) is 0.827. The van der Waals surface area contributed by atoms with Gasteiger partial charge in [-0.3, -0.25) is 9.59 Å². The normalized spacial score (nSPS) is 14.2. The van der Waals surface area contributed by atoms with Gasteiger partial charge in [-0.25, -0.2) is 9.18 Å². The van der Waals surface area contributed by atoms with Gasteiger partial charge in [0.15, 0.2) is 0 Å². The number of amides is 4. The van der Waals surface area contributed by atoms with Gasteiger partial charge in [0.1, 0.15) is 5.82 Å². The lowest BCUT2D eigenvalue weighted by Gasteiger charge is -2.22. The van der Waals surface area contributed by atoms with Crippen molar-refractivity contribution in [3.8, 4) is 0 Å². The van der Waals surface area contributed by atoms with E-state index in [2.05, 4.69) is 5.32 Å². The largest absolute Gasteiger partial charge is 0.351 e. The Labute approximate surface area is 168 Å². The van der Waals surface area contributed by atoms with Gasteiger partial charge in [0.05, 0.1) is 6.42 Å². The van der Waals surface area contributed by atoms with Crippen LogP contribution >= 0.6 is 0 Å². The van der Waals surface area contributed by atoms with Gasteiger partial charge < -0.3 is 20.9 Å². The summed E-state index contributed by atoms with van der Waals surface area (Å²) < 4.78 is 13.3. The van der Waals surface area contributed by atoms with Crippen molar-refractivity contribution in [3.63, 3.8) is 0 Å². The summed E-state index contributed by atoms with van der Waals surface area (Å²) in [5.74, 6) is -0.619. The summed E-state index contributed by atoms with van der Waals surface area (Å²) in [7, 11) is 0.